The molecule has 1 unspecified atom stereocenters. The highest BCUT2D eigenvalue weighted by Crippen LogP contribution is 2.33. The van der Waals surface area contributed by atoms with Crippen molar-refractivity contribution < 1.29 is 0 Å². The van der Waals surface area contributed by atoms with Crippen molar-refractivity contribution in [2.75, 3.05) is 0 Å². The summed E-state index contributed by atoms with van der Waals surface area (Å²) < 4.78 is 0. The Kier molecular flexibility index (Phi) is 15.5. The van der Waals surface area contributed by atoms with Crippen LogP contribution < -0.4 is 0 Å². The third-order valence-electron chi connectivity index (χ3n) is 7.50. The van der Waals surface area contributed by atoms with Crippen LogP contribution in [-0.4, -0.2) is 0 Å². The summed E-state index contributed by atoms with van der Waals surface area (Å²) in [6.07, 6.45) is 26.9. The van der Waals surface area contributed by atoms with Crippen molar-refractivity contribution in [3.8, 4) is 0 Å². The van der Waals surface area contributed by atoms with Crippen LogP contribution in [0.1, 0.15) is 132 Å². The first kappa shape index (κ1) is 29.7. The van der Waals surface area contributed by atoms with Crippen LogP contribution >= 0.6 is 0 Å². The summed E-state index contributed by atoms with van der Waals surface area (Å²) >= 11 is 0. The summed E-state index contributed by atoms with van der Waals surface area (Å²) in [5, 5.41) is 0. The number of allylic oxidation sites excluding steroid dienone is 9. The Bertz CT molecular complexity index is 671. The predicted octanol–water partition coefficient (Wildman–Crippen LogP) is 11.3. The van der Waals surface area contributed by atoms with E-state index >= 15 is 0 Å². The van der Waals surface area contributed by atoms with Crippen molar-refractivity contribution in [2.24, 2.45) is 17.8 Å². The van der Waals surface area contributed by atoms with Gasteiger partial charge in [0.05, 0.1) is 0 Å². The van der Waals surface area contributed by atoms with Crippen molar-refractivity contribution in [3.63, 3.8) is 0 Å². The third kappa shape index (κ3) is 11.6. The molecule has 0 N–H and O–H groups in total. The molecule has 0 aromatic heterocycles. The number of rotatable bonds is 14. The molecule has 0 amide bonds. The molecule has 33 heavy (non-hydrogen) atoms. The Morgan fingerprint density at radius 2 is 1.67 bits per heavy atom. The first-order valence-corrected chi connectivity index (χ1v) is 14.3. The minimum Gasteiger partial charge on any atom is -0.0952 e. The van der Waals surface area contributed by atoms with Crippen molar-refractivity contribution in [2.45, 2.75) is 132 Å². The molecule has 0 spiro atoms. The SMILES string of the molecule is C=C(CC)C(C=CC)=C(C)C(=CC(C)C)CCC=C(CCCC)C(C)CC1CCCCCC1. The lowest BCUT2D eigenvalue weighted by molar-refractivity contribution is 0.374. The van der Waals surface area contributed by atoms with E-state index in [0.29, 0.717) is 5.92 Å². The smallest absolute Gasteiger partial charge is 0.0202 e. The van der Waals surface area contributed by atoms with Gasteiger partial charge in [-0.25, -0.2) is 0 Å². The van der Waals surface area contributed by atoms with E-state index in [1.807, 2.05) is 0 Å². The van der Waals surface area contributed by atoms with Gasteiger partial charge in [-0.3, -0.25) is 0 Å². The standard InChI is InChI=1S/C33H56/c1-9-12-21-31(28(7)25-30-19-15-13-14-16-20-30)22-17-23-32(24-26(4)5)29(8)33(18-10-2)27(6)11-3/h10,18,22,24,26,28,30H,6,9,11-17,19-21,23,25H2,1-5,7-8H3. The predicted molar refractivity (Wildman–Crippen MR) is 152 cm³/mol. The quantitative estimate of drug-likeness (QED) is 0.140. The molecular formula is C33H56. The normalized spacial score (nSPS) is 18.5. The highest BCUT2D eigenvalue weighted by atomic mass is 14.2. The molecule has 0 heteroatoms. The molecule has 1 aliphatic rings. The molecule has 188 valence electrons. The van der Waals surface area contributed by atoms with Crippen LogP contribution in [0.4, 0.5) is 0 Å². The zero-order valence-electron chi connectivity index (χ0n) is 23.4. The Hall–Kier alpha value is -1.30. The second-order valence-electron chi connectivity index (χ2n) is 10.8. The third-order valence-corrected chi connectivity index (χ3v) is 7.50. The summed E-state index contributed by atoms with van der Waals surface area (Å²) in [6.45, 7) is 20.4. The summed E-state index contributed by atoms with van der Waals surface area (Å²) in [5.74, 6) is 2.26. The molecule has 0 radical (unpaired) electrons. The topological polar surface area (TPSA) is 0 Å². The summed E-state index contributed by atoms with van der Waals surface area (Å²) in [4.78, 5) is 0. The summed E-state index contributed by atoms with van der Waals surface area (Å²) in [6, 6.07) is 0. The molecule has 1 saturated carbocycles. The van der Waals surface area contributed by atoms with Crippen molar-refractivity contribution in [1.29, 1.82) is 0 Å². The van der Waals surface area contributed by atoms with Gasteiger partial charge in [-0.05, 0) is 92.4 Å². The van der Waals surface area contributed by atoms with Gasteiger partial charge in [0.25, 0.3) is 0 Å². The van der Waals surface area contributed by atoms with Gasteiger partial charge in [0.15, 0.2) is 0 Å². The number of hydrogen-bond donors (Lipinski definition) is 0. The fourth-order valence-electron chi connectivity index (χ4n) is 5.43. The van der Waals surface area contributed by atoms with Gasteiger partial charge in [0.1, 0.15) is 0 Å². The second-order valence-corrected chi connectivity index (χ2v) is 10.8. The Morgan fingerprint density at radius 1 is 1.00 bits per heavy atom. The highest BCUT2D eigenvalue weighted by molar-refractivity contribution is 5.48. The maximum absolute atomic E-state index is 4.35. The average Bonchev–Trinajstić information content (AvgIpc) is 3.06. The van der Waals surface area contributed by atoms with Crippen molar-refractivity contribution >= 4 is 0 Å². The minimum absolute atomic E-state index is 0.564. The zero-order chi connectivity index (χ0) is 24.6. The molecule has 0 aromatic rings. The van der Waals surface area contributed by atoms with Crippen LogP contribution in [0.5, 0.6) is 0 Å². The molecule has 0 aromatic carbocycles. The largest absolute Gasteiger partial charge is 0.0952 e. The van der Waals surface area contributed by atoms with Gasteiger partial charge in [-0.2, -0.15) is 0 Å². The monoisotopic (exact) mass is 452 g/mol. The molecule has 0 aliphatic heterocycles. The molecule has 0 heterocycles. The molecule has 1 atom stereocenters. The van der Waals surface area contributed by atoms with E-state index in [4.69, 9.17) is 0 Å². The fraction of sp³-hybridized carbons (Fsp3) is 0.697. The summed E-state index contributed by atoms with van der Waals surface area (Å²) in [5.41, 5.74) is 7.25. The van der Waals surface area contributed by atoms with E-state index in [1.54, 1.807) is 5.57 Å². The Labute approximate surface area is 208 Å². The van der Waals surface area contributed by atoms with Gasteiger partial charge in [-0.1, -0.05) is 116 Å². The van der Waals surface area contributed by atoms with Crippen molar-refractivity contribution in [1.82, 2.24) is 0 Å². The van der Waals surface area contributed by atoms with Crippen LogP contribution in [0.3, 0.4) is 0 Å². The van der Waals surface area contributed by atoms with Gasteiger partial charge in [0, 0.05) is 0 Å². The molecular weight excluding hydrogens is 396 g/mol. The maximum atomic E-state index is 4.35. The molecule has 0 nitrogen and oxygen atoms in total. The van der Waals surface area contributed by atoms with Gasteiger partial charge < -0.3 is 0 Å². The number of unbranched alkanes of at least 4 members (excludes halogenated alkanes) is 1. The molecule has 1 aliphatic carbocycles. The summed E-state index contributed by atoms with van der Waals surface area (Å²) in [7, 11) is 0. The van der Waals surface area contributed by atoms with Gasteiger partial charge in [-0.15, -0.1) is 0 Å². The minimum atomic E-state index is 0.564. The van der Waals surface area contributed by atoms with E-state index in [-0.39, 0.29) is 0 Å². The van der Waals surface area contributed by atoms with Crippen molar-refractivity contribution in [3.05, 3.63) is 58.7 Å². The van der Waals surface area contributed by atoms with E-state index < -0.39 is 0 Å². The van der Waals surface area contributed by atoms with E-state index in [0.717, 1.165) is 31.1 Å². The molecule has 0 saturated heterocycles. The lowest BCUT2D eigenvalue weighted by atomic mass is 9.83. The van der Waals surface area contributed by atoms with E-state index in [2.05, 4.69) is 79.3 Å². The lowest BCUT2D eigenvalue weighted by Crippen LogP contribution is -2.09. The zero-order valence-corrected chi connectivity index (χ0v) is 23.4. The van der Waals surface area contributed by atoms with Crippen LogP contribution in [0.2, 0.25) is 0 Å². The molecule has 0 bridgehead atoms. The van der Waals surface area contributed by atoms with Crippen LogP contribution in [0, 0.1) is 17.8 Å². The molecule has 1 fully saturated rings. The first-order valence-electron chi connectivity index (χ1n) is 14.3. The van der Waals surface area contributed by atoms with E-state index in [9.17, 15) is 0 Å². The average molecular weight is 453 g/mol. The maximum Gasteiger partial charge on any atom is -0.0202 e. The highest BCUT2D eigenvalue weighted by Gasteiger charge is 2.18. The van der Waals surface area contributed by atoms with E-state index in [1.165, 1.54) is 86.5 Å². The van der Waals surface area contributed by atoms with Crippen LogP contribution in [0.25, 0.3) is 0 Å². The Balaban J connectivity index is 3.02. The van der Waals surface area contributed by atoms with Crippen LogP contribution in [-0.2, 0) is 0 Å². The fourth-order valence-corrected chi connectivity index (χ4v) is 5.43. The lowest BCUT2D eigenvalue weighted by Gasteiger charge is -2.22. The number of hydrogen-bond acceptors (Lipinski definition) is 0. The first-order chi connectivity index (χ1) is 15.8. The second kappa shape index (κ2) is 17.2. The molecule has 1 rings (SSSR count). The Morgan fingerprint density at radius 3 is 2.21 bits per heavy atom. The van der Waals surface area contributed by atoms with Gasteiger partial charge >= 0.3 is 0 Å². The van der Waals surface area contributed by atoms with Crippen LogP contribution in [0.15, 0.2) is 58.7 Å². The van der Waals surface area contributed by atoms with Gasteiger partial charge in [0.2, 0.25) is 0 Å².